The summed E-state index contributed by atoms with van der Waals surface area (Å²) >= 11 is 0. The van der Waals surface area contributed by atoms with Crippen molar-refractivity contribution in [2.75, 3.05) is 14.2 Å². The maximum absolute atomic E-state index is 11.7. The number of aryl methyl sites for hydroxylation is 2. The minimum Gasteiger partial charge on any atom is -0.507 e. The van der Waals surface area contributed by atoms with Crippen molar-refractivity contribution >= 4 is 44.0 Å². The topological polar surface area (TPSA) is 192 Å². The van der Waals surface area contributed by atoms with E-state index in [1.807, 2.05) is 13.8 Å². The van der Waals surface area contributed by atoms with E-state index in [0.717, 1.165) is 47.8 Å². The number of methoxy groups -OCH3 is 2. The lowest BCUT2D eigenvalue weighted by atomic mass is 10.1. The second kappa shape index (κ2) is 10.8. The number of aliphatic imine (C=N–C) groups is 2. The van der Waals surface area contributed by atoms with Crippen LogP contribution in [0.25, 0.3) is 0 Å². The van der Waals surface area contributed by atoms with E-state index in [9.17, 15) is 36.2 Å². The number of hydrogen-bond acceptors (Lipinski definition) is 10. The largest absolute Gasteiger partial charge is 0.507 e. The molecule has 0 spiro atoms. The lowest BCUT2D eigenvalue weighted by Crippen LogP contribution is -2.03. The Hall–Kier alpha value is -3.98. The number of aromatic hydroxyl groups is 2. The second-order valence-corrected chi connectivity index (χ2v) is 10.8. The zero-order valence-corrected chi connectivity index (χ0v) is 22.2. The highest BCUT2D eigenvalue weighted by molar-refractivity contribution is 7.86. The van der Waals surface area contributed by atoms with Crippen LogP contribution in [0.1, 0.15) is 22.3 Å². The Morgan fingerprint density at radius 2 is 1.00 bits per heavy atom. The summed E-state index contributed by atoms with van der Waals surface area (Å²) in [6, 6.07) is 7.35. The maximum atomic E-state index is 11.7. The Morgan fingerprint density at radius 1 is 0.658 bits per heavy atom. The van der Waals surface area contributed by atoms with Gasteiger partial charge in [0.1, 0.15) is 32.8 Å². The third-order valence-corrected chi connectivity index (χ3v) is 7.21. The molecule has 0 saturated heterocycles. The highest BCUT2D eigenvalue weighted by Gasteiger charge is 2.20. The zero-order valence-electron chi connectivity index (χ0n) is 20.6. The second-order valence-electron chi connectivity index (χ2n) is 8.02. The molecule has 0 radical (unpaired) electrons. The standard InChI is InChI=1S/C24H24N2O10S2/c1-13-5-17(25-11-15-7-23(37(29,30)31)21(35-3)9-19(15)27)18(6-14(13)2)26-12-16-8-24(38(32,33)34)22(36-4)10-20(16)28/h5-12,27-28H,1-4H3,(H,29,30,31)(H,32,33,34). The van der Waals surface area contributed by atoms with E-state index in [1.54, 1.807) is 12.1 Å². The average Bonchev–Trinajstić information content (AvgIpc) is 2.82. The monoisotopic (exact) mass is 564 g/mol. The molecule has 0 aliphatic heterocycles. The van der Waals surface area contributed by atoms with Crippen LogP contribution in [-0.2, 0) is 20.2 Å². The van der Waals surface area contributed by atoms with Gasteiger partial charge in [0.15, 0.2) is 0 Å². The van der Waals surface area contributed by atoms with Crippen molar-refractivity contribution in [3.8, 4) is 23.0 Å². The molecule has 38 heavy (non-hydrogen) atoms. The van der Waals surface area contributed by atoms with Gasteiger partial charge in [-0.3, -0.25) is 19.1 Å². The molecular formula is C24H24N2O10S2. The van der Waals surface area contributed by atoms with Gasteiger partial charge in [0.25, 0.3) is 20.2 Å². The summed E-state index contributed by atoms with van der Waals surface area (Å²) in [6.07, 6.45) is 2.32. The van der Waals surface area contributed by atoms with E-state index >= 15 is 0 Å². The molecule has 0 saturated carbocycles. The van der Waals surface area contributed by atoms with Crippen LogP contribution in [0, 0.1) is 13.8 Å². The van der Waals surface area contributed by atoms with Crippen molar-refractivity contribution in [1.29, 1.82) is 0 Å². The van der Waals surface area contributed by atoms with Crippen molar-refractivity contribution in [3.63, 3.8) is 0 Å². The van der Waals surface area contributed by atoms with Gasteiger partial charge in [-0.05, 0) is 49.2 Å². The molecule has 4 N–H and O–H groups in total. The molecule has 0 heterocycles. The first-order chi connectivity index (χ1) is 17.6. The minimum atomic E-state index is -4.67. The van der Waals surface area contributed by atoms with Crippen molar-refractivity contribution in [2.45, 2.75) is 23.6 Å². The van der Waals surface area contributed by atoms with Gasteiger partial charge in [-0.2, -0.15) is 16.8 Å². The summed E-state index contributed by atoms with van der Waals surface area (Å²) in [7, 11) is -6.98. The number of nitrogens with zero attached hydrogens (tertiary/aromatic N) is 2. The quantitative estimate of drug-likeness (QED) is 0.231. The molecule has 3 aromatic carbocycles. The first-order valence-electron chi connectivity index (χ1n) is 10.6. The fourth-order valence-corrected chi connectivity index (χ4v) is 4.67. The van der Waals surface area contributed by atoms with E-state index < -0.39 is 30.0 Å². The molecule has 14 heteroatoms. The Bertz CT molecular complexity index is 1550. The number of hydrogen-bond donors (Lipinski definition) is 4. The van der Waals surface area contributed by atoms with Crippen LogP contribution in [0.3, 0.4) is 0 Å². The maximum Gasteiger partial charge on any atom is 0.298 e. The number of phenols is 2. The van der Waals surface area contributed by atoms with E-state index in [1.165, 1.54) is 14.2 Å². The third kappa shape index (κ3) is 6.28. The van der Waals surface area contributed by atoms with Gasteiger partial charge in [0.05, 0.1) is 25.6 Å². The van der Waals surface area contributed by atoms with E-state index in [-0.39, 0.29) is 45.5 Å². The molecule has 12 nitrogen and oxygen atoms in total. The van der Waals surface area contributed by atoms with Crippen LogP contribution in [-0.4, -0.2) is 62.8 Å². The first kappa shape index (κ1) is 28.6. The van der Waals surface area contributed by atoms with E-state index in [4.69, 9.17) is 9.47 Å². The smallest absolute Gasteiger partial charge is 0.298 e. The van der Waals surface area contributed by atoms with Gasteiger partial charge in [0.2, 0.25) is 0 Å². The van der Waals surface area contributed by atoms with Crippen molar-refractivity contribution in [1.82, 2.24) is 0 Å². The molecule has 3 rings (SSSR count). The lowest BCUT2D eigenvalue weighted by molar-refractivity contribution is 0.390. The third-order valence-electron chi connectivity index (χ3n) is 5.46. The molecule has 0 bridgehead atoms. The van der Waals surface area contributed by atoms with Gasteiger partial charge in [0, 0.05) is 35.7 Å². The molecule has 0 unspecified atom stereocenters. The summed E-state index contributed by atoms with van der Waals surface area (Å²) < 4.78 is 75.6. The summed E-state index contributed by atoms with van der Waals surface area (Å²) in [6.45, 7) is 3.63. The normalized spacial score (nSPS) is 12.4. The molecule has 0 aliphatic carbocycles. The molecule has 0 aliphatic rings. The molecule has 0 atom stereocenters. The molecule has 0 amide bonds. The fourth-order valence-electron chi connectivity index (χ4n) is 3.33. The number of rotatable bonds is 8. The first-order valence-corrected chi connectivity index (χ1v) is 13.5. The van der Waals surface area contributed by atoms with Gasteiger partial charge in [-0.25, -0.2) is 0 Å². The van der Waals surface area contributed by atoms with Gasteiger partial charge in [-0.1, -0.05) is 0 Å². The fraction of sp³-hybridized carbons (Fsp3) is 0.167. The highest BCUT2D eigenvalue weighted by Crippen LogP contribution is 2.35. The van der Waals surface area contributed by atoms with E-state index in [0.29, 0.717) is 0 Å². The predicted octanol–water partition coefficient (Wildman–Crippen LogP) is 3.73. The Morgan fingerprint density at radius 3 is 1.29 bits per heavy atom. The van der Waals surface area contributed by atoms with Crippen LogP contribution < -0.4 is 9.47 Å². The summed E-state index contributed by atoms with van der Waals surface area (Å²) in [4.78, 5) is 7.47. The summed E-state index contributed by atoms with van der Waals surface area (Å²) in [5.74, 6) is -1.26. The van der Waals surface area contributed by atoms with Gasteiger partial charge >= 0.3 is 0 Å². The van der Waals surface area contributed by atoms with Crippen LogP contribution in [0.5, 0.6) is 23.0 Å². The van der Waals surface area contributed by atoms with Crippen LogP contribution >= 0.6 is 0 Å². The van der Waals surface area contributed by atoms with Crippen molar-refractivity contribution < 1.29 is 45.6 Å². The van der Waals surface area contributed by atoms with Crippen LogP contribution in [0.2, 0.25) is 0 Å². The predicted molar refractivity (Wildman–Crippen MR) is 139 cm³/mol. The van der Waals surface area contributed by atoms with Gasteiger partial charge in [-0.15, -0.1) is 0 Å². The summed E-state index contributed by atoms with van der Waals surface area (Å²) in [5.41, 5.74) is 2.12. The average molecular weight is 565 g/mol. The van der Waals surface area contributed by atoms with Crippen molar-refractivity contribution in [2.24, 2.45) is 9.98 Å². The molecule has 0 fully saturated rings. The van der Waals surface area contributed by atoms with E-state index in [2.05, 4.69) is 9.98 Å². The van der Waals surface area contributed by atoms with Crippen LogP contribution in [0.15, 0.2) is 56.2 Å². The number of benzene rings is 3. The molecular weight excluding hydrogens is 540 g/mol. The van der Waals surface area contributed by atoms with Gasteiger partial charge < -0.3 is 19.7 Å². The molecule has 3 aromatic rings. The number of ether oxygens (including phenoxy) is 2. The Balaban J connectivity index is 2.11. The minimum absolute atomic E-state index is 0.0443. The number of phenolic OH excluding ortho intramolecular Hbond substituents is 2. The molecule has 202 valence electrons. The zero-order chi connectivity index (χ0) is 28.4. The lowest BCUT2D eigenvalue weighted by Gasteiger charge is -2.10. The van der Waals surface area contributed by atoms with Crippen LogP contribution in [0.4, 0.5) is 11.4 Å². The Kier molecular flexibility index (Phi) is 8.12. The summed E-state index contributed by atoms with van der Waals surface area (Å²) in [5, 5.41) is 20.6. The molecule has 0 aromatic heterocycles. The van der Waals surface area contributed by atoms with Crippen molar-refractivity contribution in [3.05, 3.63) is 58.7 Å². The SMILES string of the molecule is COc1cc(O)c(C=Nc2cc(C)c(C)cc2N=Cc2cc(S(=O)(=O)O)c(OC)cc2O)cc1S(=O)(=O)O. The Labute approximate surface area is 219 Å². The highest BCUT2D eigenvalue weighted by atomic mass is 32.2.